The topological polar surface area (TPSA) is 66.2 Å². The van der Waals surface area contributed by atoms with Crippen LogP contribution in [0.25, 0.3) is 0 Å². The van der Waals surface area contributed by atoms with Crippen molar-refractivity contribution >= 4 is 21.9 Å². The fourth-order valence-corrected chi connectivity index (χ4v) is 0.630. The van der Waals surface area contributed by atoms with Crippen molar-refractivity contribution in [3.63, 3.8) is 0 Å². The largest absolute Gasteiger partial charge is 0.541 e. The van der Waals surface area contributed by atoms with Crippen LogP contribution in [0, 0.1) is 0 Å². The molecule has 4 nitrogen and oxygen atoms in total. The van der Waals surface area contributed by atoms with E-state index in [0.717, 1.165) is 0 Å². The van der Waals surface area contributed by atoms with Gasteiger partial charge in [0.1, 0.15) is 10.6 Å². The molecule has 0 saturated heterocycles. The number of aromatic carboxylic acids is 1. The Hall–Kier alpha value is -0.840. The lowest BCUT2D eigenvalue weighted by Crippen LogP contribution is -2.21. The highest BCUT2D eigenvalue weighted by molar-refractivity contribution is 9.10. The molecule has 0 unspecified atom stereocenters. The van der Waals surface area contributed by atoms with E-state index in [4.69, 9.17) is 0 Å². The predicted molar refractivity (Wildman–Crippen MR) is 28.5 cm³/mol. The zero-order valence-electron chi connectivity index (χ0n) is 4.13. The van der Waals surface area contributed by atoms with Gasteiger partial charge in [0.25, 0.3) is 0 Å². The first-order valence-corrected chi connectivity index (χ1v) is 2.83. The predicted octanol–water partition coefficient (Wildman–Crippen LogP) is -0.199. The van der Waals surface area contributed by atoms with Crippen LogP contribution in [-0.2, 0) is 0 Å². The van der Waals surface area contributed by atoms with Crippen LogP contribution in [0.2, 0.25) is 0 Å². The van der Waals surface area contributed by atoms with Crippen LogP contribution in [-0.4, -0.2) is 11.1 Å². The Balaban J connectivity index is 2.98. The fraction of sp³-hybridized carbons (Fsp3) is 0. The van der Waals surface area contributed by atoms with Crippen molar-refractivity contribution in [2.75, 3.05) is 0 Å². The summed E-state index contributed by atoms with van der Waals surface area (Å²) in [4.78, 5) is 9.95. The smallest absolute Gasteiger partial charge is 0.183 e. The molecular formula is C4HBrNO3-. The maximum absolute atomic E-state index is 9.95. The zero-order chi connectivity index (χ0) is 6.85. The van der Waals surface area contributed by atoms with E-state index < -0.39 is 5.97 Å². The quantitative estimate of drug-likeness (QED) is 0.616. The molecule has 0 aliphatic carbocycles. The minimum absolute atomic E-state index is 0.276. The summed E-state index contributed by atoms with van der Waals surface area (Å²) >= 11 is 2.90. The van der Waals surface area contributed by atoms with Crippen molar-refractivity contribution in [3.05, 3.63) is 16.4 Å². The lowest BCUT2D eigenvalue weighted by Gasteiger charge is -1.89. The van der Waals surface area contributed by atoms with Gasteiger partial charge in [0, 0.05) is 6.07 Å². The van der Waals surface area contributed by atoms with Gasteiger partial charge in [0.15, 0.2) is 5.76 Å². The van der Waals surface area contributed by atoms with Gasteiger partial charge in [-0.15, -0.1) is 0 Å². The van der Waals surface area contributed by atoms with Crippen molar-refractivity contribution in [2.24, 2.45) is 0 Å². The molecule has 1 rings (SSSR count). The molecule has 0 aliphatic rings. The third kappa shape index (κ3) is 1.29. The van der Waals surface area contributed by atoms with Gasteiger partial charge in [-0.05, 0) is 15.9 Å². The van der Waals surface area contributed by atoms with Gasteiger partial charge in [-0.3, -0.25) is 0 Å². The van der Waals surface area contributed by atoms with Crippen molar-refractivity contribution in [3.8, 4) is 0 Å². The third-order valence-corrected chi connectivity index (χ3v) is 1.06. The molecule has 0 bridgehead atoms. The summed E-state index contributed by atoms with van der Waals surface area (Å²) in [5, 5.41) is 13.2. The number of nitrogens with zero attached hydrogens (tertiary/aromatic N) is 1. The molecule has 9 heavy (non-hydrogen) atoms. The second kappa shape index (κ2) is 2.18. The van der Waals surface area contributed by atoms with E-state index in [-0.39, 0.29) is 5.76 Å². The summed E-state index contributed by atoms with van der Waals surface area (Å²) in [6.07, 6.45) is 0. The summed E-state index contributed by atoms with van der Waals surface area (Å²) in [6, 6.07) is 1.22. The molecule has 0 spiro atoms. The minimum Gasteiger partial charge on any atom is -0.541 e. The van der Waals surface area contributed by atoms with Gasteiger partial charge >= 0.3 is 0 Å². The molecule has 1 aromatic rings. The van der Waals surface area contributed by atoms with Gasteiger partial charge in [0.2, 0.25) is 0 Å². The molecule has 0 fully saturated rings. The zero-order valence-corrected chi connectivity index (χ0v) is 5.71. The van der Waals surface area contributed by atoms with Gasteiger partial charge < -0.3 is 14.4 Å². The van der Waals surface area contributed by atoms with E-state index in [1.165, 1.54) is 6.07 Å². The van der Waals surface area contributed by atoms with Gasteiger partial charge in [-0.1, -0.05) is 5.16 Å². The summed E-state index contributed by atoms with van der Waals surface area (Å²) in [5.41, 5.74) is 0. The van der Waals surface area contributed by atoms with E-state index >= 15 is 0 Å². The second-order valence-corrected chi connectivity index (χ2v) is 2.11. The van der Waals surface area contributed by atoms with E-state index in [0.29, 0.717) is 4.60 Å². The van der Waals surface area contributed by atoms with Crippen LogP contribution in [0.5, 0.6) is 0 Å². The van der Waals surface area contributed by atoms with Crippen LogP contribution in [0.3, 0.4) is 0 Å². The first-order valence-electron chi connectivity index (χ1n) is 2.03. The van der Waals surface area contributed by atoms with E-state index in [1.54, 1.807) is 0 Å². The SMILES string of the molecule is O=C([O-])c1cc(Br)no1. The summed E-state index contributed by atoms with van der Waals surface area (Å²) in [7, 11) is 0. The number of aromatic nitrogens is 1. The number of hydrogen-bond acceptors (Lipinski definition) is 4. The Bertz CT molecular complexity index is 231. The Labute approximate surface area is 58.6 Å². The number of carboxylic acids is 1. The van der Waals surface area contributed by atoms with Crippen molar-refractivity contribution < 1.29 is 14.4 Å². The highest BCUT2D eigenvalue weighted by Gasteiger charge is 1.99. The Kier molecular flexibility index (Phi) is 1.52. The molecule has 0 aliphatic heterocycles. The number of carbonyl (C=O) groups excluding carboxylic acids is 1. The number of carboxylic acid groups (broad SMARTS) is 1. The monoisotopic (exact) mass is 190 g/mol. The summed E-state index contributed by atoms with van der Waals surface area (Å²) in [6.45, 7) is 0. The molecular weight excluding hydrogens is 190 g/mol. The Morgan fingerprint density at radius 1 is 1.89 bits per heavy atom. The van der Waals surface area contributed by atoms with Gasteiger partial charge in [0.05, 0.1) is 0 Å². The minimum atomic E-state index is -1.37. The fourth-order valence-electron chi connectivity index (χ4n) is 0.350. The average Bonchev–Trinajstić information content (AvgIpc) is 2.14. The summed E-state index contributed by atoms with van der Waals surface area (Å²) in [5.74, 6) is -1.64. The molecule has 0 saturated carbocycles. The lowest BCUT2D eigenvalue weighted by atomic mass is 10.5. The van der Waals surface area contributed by atoms with Crippen LogP contribution >= 0.6 is 15.9 Å². The van der Waals surface area contributed by atoms with Crippen LogP contribution in [0.1, 0.15) is 10.6 Å². The van der Waals surface area contributed by atoms with Crippen molar-refractivity contribution in [2.45, 2.75) is 0 Å². The average molecular weight is 191 g/mol. The molecule has 0 aromatic carbocycles. The molecule has 0 N–H and O–H groups in total. The van der Waals surface area contributed by atoms with Crippen LogP contribution in [0.15, 0.2) is 15.2 Å². The molecule has 0 atom stereocenters. The highest BCUT2D eigenvalue weighted by Crippen LogP contribution is 2.07. The van der Waals surface area contributed by atoms with Crippen LogP contribution < -0.4 is 5.11 Å². The molecule has 1 aromatic heterocycles. The molecule has 1 heterocycles. The summed E-state index contributed by atoms with van der Waals surface area (Å²) < 4.78 is 4.62. The number of rotatable bonds is 1. The highest BCUT2D eigenvalue weighted by atomic mass is 79.9. The maximum atomic E-state index is 9.95. The Morgan fingerprint density at radius 2 is 2.56 bits per heavy atom. The number of carbonyl (C=O) groups is 1. The third-order valence-electron chi connectivity index (χ3n) is 0.683. The van der Waals surface area contributed by atoms with E-state index in [9.17, 15) is 9.90 Å². The first-order chi connectivity index (χ1) is 4.20. The van der Waals surface area contributed by atoms with E-state index in [2.05, 4.69) is 25.6 Å². The Morgan fingerprint density at radius 3 is 2.78 bits per heavy atom. The molecule has 48 valence electrons. The van der Waals surface area contributed by atoms with Gasteiger partial charge in [-0.2, -0.15) is 0 Å². The normalized spacial score (nSPS) is 9.44. The van der Waals surface area contributed by atoms with Crippen molar-refractivity contribution in [1.29, 1.82) is 0 Å². The number of halogens is 1. The molecule has 0 radical (unpaired) electrons. The molecule has 5 heteroatoms. The molecule has 0 amide bonds. The lowest BCUT2D eigenvalue weighted by molar-refractivity contribution is -0.257. The number of hydrogen-bond donors (Lipinski definition) is 0. The second-order valence-electron chi connectivity index (χ2n) is 1.30. The van der Waals surface area contributed by atoms with E-state index in [1.807, 2.05) is 0 Å². The first kappa shape index (κ1) is 6.28. The van der Waals surface area contributed by atoms with Crippen LogP contribution in [0.4, 0.5) is 0 Å². The van der Waals surface area contributed by atoms with Crippen molar-refractivity contribution in [1.82, 2.24) is 5.16 Å². The maximum Gasteiger partial charge on any atom is 0.183 e. The van der Waals surface area contributed by atoms with Gasteiger partial charge in [-0.25, -0.2) is 0 Å². The standard InChI is InChI=1S/C4H2BrNO3/c5-3-1-2(4(7)8)9-6-3/h1H,(H,7,8)/p-1.